The fraction of sp³-hybridized carbons (Fsp3) is 0.143. The summed E-state index contributed by atoms with van der Waals surface area (Å²) < 4.78 is 39.4. The quantitative estimate of drug-likeness (QED) is 0.875. The molecule has 0 aromatic heterocycles. The maximum absolute atomic E-state index is 12.2. The lowest BCUT2D eigenvalue weighted by Crippen LogP contribution is -2.09. The van der Waals surface area contributed by atoms with Crippen molar-refractivity contribution in [3.8, 4) is 23.0 Å². The van der Waals surface area contributed by atoms with Gasteiger partial charge in [0.1, 0.15) is 4.90 Å². The standard InChI is InChI=1S/C14H12O6S/c1-9-2-4-10(5-3-9)21(16,17)20-11-6-7-12-14(13(11)15)19-8-18-12/h2-7,15H,8H2,1H3. The Hall–Kier alpha value is -2.41. The molecule has 0 unspecified atom stereocenters. The minimum absolute atomic E-state index is 0.00478. The van der Waals surface area contributed by atoms with Gasteiger partial charge in [0.2, 0.25) is 18.3 Å². The van der Waals surface area contributed by atoms with Gasteiger partial charge in [-0.2, -0.15) is 8.42 Å². The summed E-state index contributed by atoms with van der Waals surface area (Å²) >= 11 is 0. The molecule has 0 saturated carbocycles. The molecule has 0 bridgehead atoms. The third-order valence-corrected chi connectivity index (χ3v) is 4.23. The summed E-state index contributed by atoms with van der Waals surface area (Å²) in [6.07, 6.45) is 0. The Morgan fingerprint density at radius 2 is 1.81 bits per heavy atom. The van der Waals surface area contributed by atoms with E-state index in [1.165, 1.54) is 24.3 Å². The van der Waals surface area contributed by atoms with Gasteiger partial charge in [-0.1, -0.05) is 17.7 Å². The van der Waals surface area contributed by atoms with Crippen LogP contribution in [0.4, 0.5) is 0 Å². The number of aryl methyl sites for hydroxylation is 1. The van der Waals surface area contributed by atoms with Gasteiger partial charge in [0.05, 0.1) is 0 Å². The molecule has 0 atom stereocenters. The molecule has 3 rings (SSSR count). The van der Waals surface area contributed by atoms with Crippen LogP contribution in [0.1, 0.15) is 5.56 Å². The minimum Gasteiger partial charge on any atom is -0.502 e. The second kappa shape index (κ2) is 4.85. The third kappa shape index (κ3) is 2.47. The molecule has 0 amide bonds. The summed E-state index contributed by atoms with van der Waals surface area (Å²) in [4.78, 5) is 0.00478. The Kier molecular flexibility index (Phi) is 3.13. The molecule has 0 saturated heterocycles. The molecule has 6 nitrogen and oxygen atoms in total. The molecule has 2 aromatic rings. The summed E-state index contributed by atoms with van der Waals surface area (Å²) in [5, 5.41) is 9.97. The van der Waals surface area contributed by atoms with Crippen molar-refractivity contribution in [3.63, 3.8) is 0 Å². The lowest BCUT2D eigenvalue weighted by molar-refractivity contribution is 0.171. The zero-order chi connectivity index (χ0) is 15.0. The highest BCUT2D eigenvalue weighted by molar-refractivity contribution is 7.87. The van der Waals surface area contributed by atoms with Gasteiger partial charge in [-0.05, 0) is 31.2 Å². The second-order valence-electron chi connectivity index (χ2n) is 4.50. The van der Waals surface area contributed by atoms with Crippen molar-refractivity contribution < 1.29 is 27.2 Å². The van der Waals surface area contributed by atoms with Crippen LogP contribution in [-0.4, -0.2) is 20.3 Å². The Morgan fingerprint density at radius 1 is 1.10 bits per heavy atom. The third-order valence-electron chi connectivity index (χ3n) is 2.99. The zero-order valence-electron chi connectivity index (χ0n) is 11.1. The number of hydrogen-bond acceptors (Lipinski definition) is 6. The highest BCUT2D eigenvalue weighted by Gasteiger charge is 2.25. The van der Waals surface area contributed by atoms with Crippen molar-refractivity contribution in [3.05, 3.63) is 42.0 Å². The van der Waals surface area contributed by atoms with Crippen LogP contribution in [0.25, 0.3) is 0 Å². The number of ether oxygens (including phenoxy) is 2. The van der Waals surface area contributed by atoms with Crippen LogP contribution in [-0.2, 0) is 10.1 Å². The predicted octanol–water partition coefficient (Wildman–Crippen LogP) is 2.20. The van der Waals surface area contributed by atoms with E-state index in [4.69, 9.17) is 13.7 Å². The van der Waals surface area contributed by atoms with Crippen LogP contribution in [0.3, 0.4) is 0 Å². The number of hydrogen-bond donors (Lipinski definition) is 1. The van der Waals surface area contributed by atoms with Crippen LogP contribution < -0.4 is 13.7 Å². The van der Waals surface area contributed by atoms with Gasteiger partial charge in [-0.15, -0.1) is 0 Å². The molecule has 7 heteroatoms. The molecule has 2 aromatic carbocycles. The lowest BCUT2D eigenvalue weighted by Gasteiger charge is -2.09. The summed E-state index contributed by atoms with van der Waals surface area (Å²) in [7, 11) is -4.03. The summed E-state index contributed by atoms with van der Waals surface area (Å²) in [5.74, 6) is -0.195. The van der Waals surface area contributed by atoms with Crippen molar-refractivity contribution in [2.75, 3.05) is 6.79 Å². The van der Waals surface area contributed by atoms with E-state index in [0.717, 1.165) is 5.56 Å². The van der Waals surface area contributed by atoms with E-state index in [9.17, 15) is 13.5 Å². The van der Waals surface area contributed by atoms with E-state index in [1.54, 1.807) is 12.1 Å². The number of benzene rings is 2. The van der Waals surface area contributed by atoms with Crippen molar-refractivity contribution in [2.45, 2.75) is 11.8 Å². The Morgan fingerprint density at radius 3 is 2.52 bits per heavy atom. The maximum Gasteiger partial charge on any atom is 0.339 e. The highest BCUT2D eigenvalue weighted by atomic mass is 32.2. The van der Waals surface area contributed by atoms with Crippen LogP contribution in [0.15, 0.2) is 41.3 Å². The molecule has 1 heterocycles. The monoisotopic (exact) mass is 308 g/mol. The van der Waals surface area contributed by atoms with Gasteiger partial charge in [-0.25, -0.2) is 0 Å². The van der Waals surface area contributed by atoms with E-state index in [0.29, 0.717) is 5.75 Å². The predicted molar refractivity (Wildman–Crippen MR) is 73.2 cm³/mol. The van der Waals surface area contributed by atoms with Gasteiger partial charge in [0, 0.05) is 0 Å². The maximum atomic E-state index is 12.2. The zero-order valence-corrected chi connectivity index (χ0v) is 11.9. The molecule has 1 aliphatic rings. The molecule has 21 heavy (non-hydrogen) atoms. The molecule has 1 N–H and O–H groups in total. The molecule has 110 valence electrons. The Balaban J connectivity index is 1.95. The fourth-order valence-corrected chi connectivity index (χ4v) is 2.81. The lowest BCUT2D eigenvalue weighted by atomic mass is 10.2. The number of phenolic OH excluding ortho intramolecular Hbond substituents is 1. The van der Waals surface area contributed by atoms with Crippen LogP contribution in [0.5, 0.6) is 23.0 Å². The first-order valence-electron chi connectivity index (χ1n) is 6.10. The first-order chi connectivity index (χ1) is 9.97. The first kappa shape index (κ1) is 13.6. The first-order valence-corrected chi connectivity index (χ1v) is 7.51. The van der Waals surface area contributed by atoms with Gasteiger partial charge in [-0.3, -0.25) is 0 Å². The van der Waals surface area contributed by atoms with E-state index in [1.807, 2.05) is 6.92 Å². The molecule has 0 spiro atoms. The average Bonchev–Trinajstić information content (AvgIpc) is 2.91. The molecule has 0 radical (unpaired) electrons. The summed E-state index contributed by atoms with van der Waals surface area (Å²) in [6.45, 7) is 1.82. The van der Waals surface area contributed by atoms with Gasteiger partial charge < -0.3 is 18.8 Å². The van der Waals surface area contributed by atoms with Crippen LogP contribution >= 0.6 is 0 Å². The van der Waals surface area contributed by atoms with Crippen LogP contribution in [0, 0.1) is 6.92 Å². The molecule has 0 aliphatic carbocycles. The number of phenols is 1. The topological polar surface area (TPSA) is 82.1 Å². The Bertz CT molecular complexity index is 780. The van der Waals surface area contributed by atoms with Crippen molar-refractivity contribution >= 4 is 10.1 Å². The SMILES string of the molecule is Cc1ccc(S(=O)(=O)Oc2ccc3c(c2O)OCO3)cc1. The van der Waals surface area contributed by atoms with E-state index < -0.39 is 15.9 Å². The second-order valence-corrected chi connectivity index (χ2v) is 6.04. The average molecular weight is 308 g/mol. The van der Waals surface area contributed by atoms with E-state index in [2.05, 4.69) is 0 Å². The number of aromatic hydroxyl groups is 1. The summed E-state index contributed by atoms with van der Waals surface area (Å²) in [6, 6.07) is 8.99. The molecular formula is C14H12O6S. The minimum atomic E-state index is -4.03. The molecular weight excluding hydrogens is 296 g/mol. The van der Waals surface area contributed by atoms with E-state index in [-0.39, 0.29) is 23.2 Å². The molecule has 0 fully saturated rings. The largest absolute Gasteiger partial charge is 0.502 e. The van der Waals surface area contributed by atoms with E-state index >= 15 is 0 Å². The normalized spacial score (nSPS) is 13.2. The molecule has 1 aliphatic heterocycles. The summed E-state index contributed by atoms with van der Waals surface area (Å²) in [5.41, 5.74) is 0.930. The van der Waals surface area contributed by atoms with Crippen molar-refractivity contribution in [1.82, 2.24) is 0 Å². The van der Waals surface area contributed by atoms with Crippen molar-refractivity contribution in [1.29, 1.82) is 0 Å². The van der Waals surface area contributed by atoms with Crippen LogP contribution in [0.2, 0.25) is 0 Å². The smallest absolute Gasteiger partial charge is 0.339 e. The number of fused-ring (bicyclic) bond motifs is 1. The van der Waals surface area contributed by atoms with Gasteiger partial charge in [0.25, 0.3) is 0 Å². The number of rotatable bonds is 3. The fourth-order valence-electron chi connectivity index (χ4n) is 1.88. The Labute approximate surface area is 121 Å². The van der Waals surface area contributed by atoms with Crippen molar-refractivity contribution in [2.24, 2.45) is 0 Å². The van der Waals surface area contributed by atoms with Gasteiger partial charge >= 0.3 is 10.1 Å². The highest BCUT2D eigenvalue weighted by Crippen LogP contribution is 2.46. The van der Waals surface area contributed by atoms with Gasteiger partial charge in [0.15, 0.2) is 11.5 Å².